The van der Waals surface area contributed by atoms with E-state index in [1.165, 1.54) is 0 Å². The van der Waals surface area contributed by atoms with Crippen molar-refractivity contribution in [1.29, 1.82) is 0 Å². The van der Waals surface area contributed by atoms with E-state index in [9.17, 15) is 9.59 Å². The van der Waals surface area contributed by atoms with Gasteiger partial charge in [0.25, 0.3) is 0 Å². The first kappa shape index (κ1) is 16.0. The molecule has 3 unspecified atom stereocenters. The predicted octanol–water partition coefficient (Wildman–Crippen LogP) is 1.17. The van der Waals surface area contributed by atoms with Crippen LogP contribution in [0.15, 0.2) is 0 Å². The minimum Gasteiger partial charge on any atom is -0.383 e. The molecule has 3 atom stereocenters. The molecule has 19 heavy (non-hydrogen) atoms. The van der Waals surface area contributed by atoms with Crippen LogP contribution < -0.4 is 5.32 Å². The van der Waals surface area contributed by atoms with Gasteiger partial charge in [-0.25, -0.2) is 0 Å². The molecule has 1 fully saturated rings. The molecule has 1 aliphatic heterocycles. The van der Waals surface area contributed by atoms with Crippen LogP contribution in [0.4, 0.5) is 0 Å². The molecule has 1 N–H and O–H groups in total. The molecule has 0 aromatic carbocycles. The van der Waals surface area contributed by atoms with Crippen LogP contribution >= 0.6 is 0 Å². The number of rotatable bonds is 6. The van der Waals surface area contributed by atoms with Gasteiger partial charge in [-0.3, -0.25) is 9.59 Å². The lowest BCUT2D eigenvalue weighted by molar-refractivity contribution is -0.138. The number of methoxy groups -OCH3 is 1. The van der Waals surface area contributed by atoms with Crippen LogP contribution in [0.1, 0.15) is 40.0 Å². The van der Waals surface area contributed by atoms with Gasteiger partial charge in [-0.05, 0) is 12.3 Å². The monoisotopic (exact) mass is 270 g/mol. The van der Waals surface area contributed by atoms with Gasteiger partial charge in [0.15, 0.2) is 0 Å². The number of hydrogen-bond donors (Lipinski definition) is 1. The first-order valence-electron chi connectivity index (χ1n) is 7.13. The number of ether oxygens (including phenoxy) is 1. The third kappa shape index (κ3) is 3.93. The lowest BCUT2D eigenvalue weighted by Gasteiger charge is -2.32. The Morgan fingerprint density at radius 3 is 2.58 bits per heavy atom. The minimum atomic E-state index is -0.397. The zero-order valence-corrected chi connectivity index (χ0v) is 12.4. The summed E-state index contributed by atoms with van der Waals surface area (Å²) in [5, 5.41) is 2.86. The van der Waals surface area contributed by atoms with Gasteiger partial charge in [0.1, 0.15) is 6.04 Å². The van der Waals surface area contributed by atoms with Gasteiger partial charge in [-0.2, -0.15) is 0 Å². The molecular weight excluding hydrogens is 244 g/mol. The average Bonchev–Trinajstić information content (AvgIpc) is 2.55. The van der Waals surface area contributed by atoms with E-state index < -0.39 is 6.04 Å². The van der Waals surface area contributed by atoms with Crippen molar-refractivity contribution < 1.29 is 14.3 Å². The van der Waals surface area contributed by atoms with Crippen molar-refractivity contribution in [2.45, 2.75) is 52.1 Å². The Bertz CT molecular complexity index is 320. The first-order chi connectivity index (χ1) is 9.04. The molecule has 1 saturated heterocycles. The van der Waals surface area contributed by atoms with Crippen LogP contribution in [0.3, 0.4) is 0 Å². The SMILES string of the molecule is CCC(C)C1NC(=O)CCN(C(CC)COC)C1=O. The van der Waals surface area contributed by atoms with E-state index in [2.05, 4.69) is 5.32 Å². The highest BCUT2D eigenvalue weighted by molar-refractivity contribution is 5.90. The maximum absolute atomic E-state index is 12.6. The van der Waals surface area contributed by atoms with Crippen molar-refractivity contribution in [3.8, 4) is 0 Å². The van der Waals surface area contributed by atoms with E-state index in [1.54, 1.807) is 7.11 Å². The average molecular weight is 270 g/mol. The summed E-state index contributed by atoms with van der Waals surface area (Å²) in [5.41, 5.74) is 0. The Hall–Kier alpha value is -1.10. The summed E-state index contributed by atoms with van der Waals surface area (Å²) in [5.74, 6) is 0.148. The zero-order chi connectivity index (χ0) is 14.4. The molecule has 0 saturated carbocycles. The molecule has 110 valence electrons. The molecular formula is C14H26N2O3. The minimum absolute atomic E-state index is 0.0316. The van der Waals surface area contributed by atoms with Crippen molar-refractivity contribution in [2.75, 3.05) is 20.3 Å². The molecule has 1 rings (SSSR count). The molecule has 5 nitrogen and oxygen atoms in total. The van der Waals surface area contributed by atoms with E-state index in [-0.39, 0.29) is 23.8 Å². The van der Waals surface area contributed by atoms with Crippen LogP contribution in [0.25, 0.3) is 0 Å². The van der Waals surface area contributed by atoms with E-state index in [1.807, 2.05) is 25.7 Å². The van der Waals surface area contributed by atoms with Crippen LogP contribution in [0.2, 0.25) is 0 Å². The quantitative estimate of drug-likeness (QED) is 0.788. The van der Waals surface area contributed by atoms with E-state index in [0.29, 0.717) is 19.6 Å². The molecule has 2 amide bonds. The lowest BCUT2D eigenvalue weighted by Crippen LogP contribution is -2.52. The van der Waals surface area contributed by atoms with Crippen molar-refractivity contribution in [3.05, 3.63) is 0 Å². The highest BCUT2D eigenvalue weighted by atomic mass is 16.5. The molecule has 1 heterocycles. The Morgan fingerprint density at radius 1 is 1.37 bits per heavy atom. The maximum atomic E-state index is 12.6. The second kappa shape index (κ2) is 7.48. The van der Waals surface area contributed by atoms with E-state index in [4.69, 9.17) is 4.74 Å². The summed E-state index contributed by atoms with van der Waals surface area (Å²) in [6.45, 7) is 7.08. The third-order valence-corrected chi connectivity index (χ3v) is 3.93. The van der Waals surface area contributed by atoms with Crippen molar-refractivity contribution >= 4 is 11.8 Å². The molecule has 0 aromatic heterocycles. The number of carbonyl (C=O) groups is 2. The number of amides is 2. The molecule has 0 spiro atoms. The Morgan fingerprint density at radius 2 is 2.05 bits per heavy atom. The van der Waals surface area contributed by atoms with Gasteiger partial charge in [0, 0.05) is 20.1 Å². The van der Waals surface area contributed by atoms with Gasteiger partial charge >= 0.3 is 0 Å². The molecule has 0 bridgehead atoms. The Kier molecular flexibility index (Phi) is 6.28. The normalized spacial score (nSPS) is 23.8. The van der Waals surface area contributed by atoms with E-state index >= 15 is 0 Å². The number of hydrogen-bond acceptors (Lipinski definition) is 3. The van der Waals surface area contributed by atoms with Crippen LogP contribution in [0.5, 0.6) is 0 Å². The van der Waals surface area contributed by atoms with Gasteiger partial charge in [0.2, 0.25) is 11.8 Å². The molecule has 0 radical (unpaired) electrons. The molecule has 1 aliphatic rings. The van der Waals surface area contributed by atoms with E-state index in [0.717, 1.165) is 12.8 Å². The number of nitrogens with one attached hydrogen (secondary N) is 1. The fourth-order valence-electron chi connectivity index (χ4n) is 2.42. The van der Waals surface area contributed by atoms with Crippen molar-refractivity contribution in [2.24, 2.45) is 5.92 Å². The summed E-state index contributed by atoms with van der Waals surface area (Å²) < 4.78 is 5.19. The fraction of sp³-hybridized carbons (Fsp3) is 0.857. The largest absolute Gasteiger partial charge is 0.383 e. The third-order valence-electron chi connectivity index (χ3n) is 3.93. The molecule has 5 heteroatoms. The Balaban J connectivity index is 2.91. The summed E-state index contributed by atoms with van der Waals surface area (Å²) in [4.78, 5) is 26.2. The fourth-order valence-corrected chi connectivity index (χ4v) is 2.42. The second-order valence-electron chi connectivity index (χ2n) is 5.23. The number of nitrogens with zero attached hydrogens (tertiary/aromatic N) is 1. The van der Waals surface area contributed by atoms with Crippen LogP contribution in [0, 0.1) is 5.92 Å². The highest BCUT2D eigenvalue weighted by Crippen LogP contribution is 2.17. The first-order valence-corrected chi connectivity index (χ1v) is 7.13. The summed E-state index contributed by atoms with van der Waals surface area (Å²) in [7, 11) is 1.64. The summed E-state index contributed by atoms with van der Waals surface area (Å²) in [6, 6.07) is -0.345. The topological polar surface area (TPSA) is 58.6 Å². The van der Waals surface area contributed by atoms with Gasteiger partial charge < -0.3 is 15.0 Å². The highest BCUT2D eigenvalue weighted by Gasteiger charge is 2.35. The standard InChI is InChI=1S/C14H26N2O3/c1-5-10(3)13-14(18)16(8-7-12(17)15-13)11(6-2)9-19-4/h10-11,13H,5-9H2,1-4H3,(H,15,17). The van der Waals surface area contributed by atoms with Crippen LogP contribution in [-0.2, 0) is 14.3 Å². The maximum Gasteiger partial charge on any atom is 0.245 e. The van der Waals surface area contributed by atoms with Crippen molar-refractivity contribution in [3.63, 3.8) is 0 Å². The zero-order valence-electron chi connectivity index (χ0n) is 12.4. The molecule has 0 aliphatic carbocycles. The number of carbonyl (C=O) groups excluding carboxylic acids is 2. The van der Waals surface area contributed by atoms with Gasteiger partial charge in [-0.1, -0.05) is 27.2 Å². The second-order valence-corrected chi connectivity index (χ2v) is 5.23. The smallest absolute Gasteiger partial charge is 0.245 e. The summed E-state index contributed by atoms with van der Waals surface area (Å²) in [6.07, 6.45) is 2.07. The van der Waals surface area contributed by atoms with Crippen LogP contribution in [-0.4, -0.2) is 49.1 Å². The lowest BCUT2D eigenvalue weighted by atomic mass is 9.97. The Labute approximate surface area is 115 Å². The molecule has 0 aromatic rings. The van der Waals surface area contributed by atoms with Gasteiger partial charge in [0.05, 0.1) is 12.6 Å². The van der Waals surface area contributed by atoms with Gasteiger partial charge in [-0.15, -0.1) is 0 Å². The summed E-state index contributed by atoms with van der Waals surface area (Å²) >= 11 is 0. The van der Waals surface area contributed by atoms with Crippen molar-refractivity contribution in [1.82, 2.24) is 10.2 Å². The predicted molar refractivity (Wildman–Crippen MR) is 73.7 cm³/mol.